The van der Waals surface area contributed by atoms with Gasteiger partial charge in [-0.1, -0.05) is 59.6 Å². The molecule has 4 aliphatic rings. The van der Waals surface area contributed by atoms with Crippen molar-refractivity contribution in [3.8, 4) is 22.6 Å². The second kappa shape index (κ2) is 11.6. The van der Waals surface area contributed by atoms with Crippen molar-refractivity contribution in [2.75, 3.05) is 7.11 Å². The molecule has 6 rings (SSSR count). The molecule has 0 bridgehead atoms. The van der Waals surface area contributed by atoms with Gasteiger partial charge >= 0.3 is 0 Å². The Hall–Kier alpha value is -3.91. The maximum absolute atomic E-state index is 14.6. The molecule has 4 N–H and O–H groups in total. The Labute approximate surface area is 282 Å². The van der Waals surface area contributed by atoms with E-state index in [1.54, 1.807) is 27.9 Å². The molecule has 2 aromatic rings. The molecule has 2 aromatic carbocycles. The summed E-state index contributed by atoms with van der Waals surface area (Å²) in [4.78, 5) is 41.1. The molecule has 256 valence electrons. The number of fused-ring (bicyclic) bond motifs is 3. The van der Waals surface area contributed by atoms with Crippen molar-refractivity contribution >= 4 is 23.1 Å². The van der Waals surface area contributed by atoms with Gasteiger partial charge in [0.15, 0.2) is 17.2 Å². The zero-order chi connectivity index (χ0) is 35.1. The highest BCUT2D eigenvalue weighted by molar-refractivity contribution is 6.24. The molecular formula is C40H48O8. The van der Waals surface area contributed by atoms with Gasteiger partial charge < -0.3 is 25.2 Å². The number of rotatable bonds is 6. The third kappa shape index (κ3) is 4.77. The molecule has 0 heterocycles. The van der Waals surface area contributed by atoms with Crippen LogP contribution in [0.25, 0.3) is 16.9 Å². The molecule has 2 saturated carbocycles. The summed E-state index contributed by atoms with van der Waals surface area (Å²) in [6.45, 7) is 10.5. The molecular weight excluding hydrogens is 608 g/mol. The monoisotopic (exact) mass is 656 g/mol. The van der Waals surface area contributed by atoms with E-state index < -0.39 is 56.8 Å². The minimum Gasteiger partial charge on any atom is -0.508 e. The first-order chi connectivity index (χ1) is 22.5. The lowest BCUT2D eigenvalue weighted by Gasteiger charge is -2.59. The fourth-order valence-electron chi connectivity index (χ4n) is 9.94. The number of aromatic hydroxyl groups is 1. The summed E-state index contributed by atoms with van der Waals surface area (Å²) < 4.78 is 5.76. The van der Waals surface area contributed by atoms with Crippen LogP contribution in [0.4, 0.5) is 0 Å². The van der Waals surface area contributed by atoms with Crippen molar-refractivity contribution in [1.82, 2.24) is 0 Å². The number of phenolic OH excluding ortho intramolecular Hbond substituents is 1. The predicted molar refractivity (Wildman–Crippen MR) is 183 cm³/mol. The van der Waals surface area contributed by atoms with Gasteiger partial charge in [-0.2, -0.15) is 0 Å². The predicted octanol–water partition coefficient (Wildman–Crippen LogP) is 7.23. The van der Waals surface area contributed by atoms with Crippen LogP contribution in [0, 0.1) is 34.5 Å². The zero-order valence-corrected chi connectivity index (χ0v) is 29.1. The smallest absolute Gasteiger partial charge is 0.203 e. The minimum atomic E-state index is -2.63. The van der Waals surface area contributed by atoms with Crippen LogP contribution >= 0.6 is 0 Å². The van der Waals surface area contributed by atoms with Crippen molar-refractivity contribution in [1.29, 1.82) is 0 Å². The summed E-state index contributed by atoms with van der Waals surface area (Å²) in [5.74, 6) is -3.19. The maximum Gasteiger partial charge on any atom is 0.203 e. The molecule has 2 fully saturated rings. The van der Waals surface area contributed by atoms with E-state index in [4.69, 9.17) is 4.74 Å². The highest BCUT2D eigenvalue weighted by atomic mass is 16.5. The van der Waals surface area contributed by atoms with Crippen molar-refractivity contribution < 1.29 is 39.5 Å². The van der Waals surface area contributed by atoms with Crippen LogP contribution in [0.15, 0.2) is 47.2 Å². The summed E-state index contributed by atoms with van der Waals surface area (Å²) in [5.41, 5.74) is -2.42. The highest BCUT2D eigenvalue weighted by Gasteiger charge is 2.72. The molecule has 48 heavy (non-hydrogen) atoms. The Kier molecular flexibility index (Phi) is 8.22. The number of carbonyl (C=O) groups is 3. The number of allylic oxidation sites excluding steroid dienone is 1. The topological polar surface area (TPSA) is 141 Å². The number of phenols is 1. The number of hydrogen-bond acceptors (Lipinski definition) is 8. The molecule has 8 nitrogen and oxygen atoms in total. The standard InChI is InChI=1S/C40H48O8/c1-20(2)32-34(43)30(22(4)41)36(45)40(47)37(46)33-35(44)31-27(18-38(33,5)19-39(32,40)6)26(13-14-28(31)42)24-12-15-29(48-7)25(17-24)16-23-10-8-21(3)9-11-23/h12-15,17,20-21,23,32,42,44-45,47H,8-11,16,18-19H2,1-7H3/t21?,23?,32?,38-,39-,40+/m1/s1. The molecule has 0 aromatic heterocycles. The van der Waals surface area contributed by atoms with E-state index in [-0.39, 0.29) is 35.6 Å². The van der Waals surface area contributed by atoms with Crippen LogP contribution in [-0.2, 0) is 27.2 Å². The summed E-state index contributed by atoms with van der Waals surface area (Å²) >= 11 is 0. The van der Waals surface area contributed by atoms with E-state index in [9.17, 15) is 34.8 Å². The summed E-state index contributed by atoms with van der Waals surface area (Å²) in [5, 5.41) is 46.8. The van der Waals surface area contributed by atoms with Gasteiger partial charge in [-0.3, -0.25) is 14.4 Å². The quantitative estimate of drug-likeness (QED) is 0.239. The van der Waals surface area contributed by atoms with Crippen LogP contribution in [0.3, 0.4) is 0 Å². The van der Waals surface area contributed by atoms with Crippen LogP contribution in [0.2, 0.25) is 0 Å². The van der Waals surface area contributed by atoms with Gasteiger partial charge in [0, 0.05) is 22.3 Å². The highest BCUT2D eigenvalue weighted by Crippen LogP contribution is 2.65. The van der Waals surface area contributed by atoms with Crippen molar-refractivity contribution in [2.45, 2.75) is 92.1 Å². The van der Waals surface area contributed by atoms with Crippen LogP contribution in [0.1, 0.15) is 90.3 Å². The lowest BCUT2D eigenvalue weighted by Crippen LogP contribution is -2.69. The molecule has 4 atom stereocenters. The summed E-state index contributed by atoms with van der Waals surface area (Å²) in [6.07, 6.45) is 5.91. The van der Waals surface area contributed by atoms with E-state index in [0.29, 0.717) is 11.5 Å². The Morgan fingerprint density at radius 2 is 1.69 bits per heavy atom. The lowest BCUT2D eigenvalue weighted by atomic mass is 9.43. The molecule has 0 spiro atoms. The molecule has 0 radical (unpaired) electrons. The Balaban J connectivity index is 1.52. The van der Waals surface area contributed by atoms with Gasteiger partial charge in [0.1, 0.15) is 28.6 Å². The van der Waals surface area contributed by atoms with Gasteiger partial charge in [0.05, 0.1) is 12.7 Å². The maximum atomic E-state index is 14.6. The van der Waals surface area contributed by atoms with E-state index >= 15 is 0 Å². The number of Topliss-reactive ketones (excluding diaryl/α,β-unsaturated/α-hetero) is 3. The molecule has 1 unspecified atom stereocenters. The zero-order valence-electron chi connectivity index (χ0n) is 29.1. The molecule has 0 amide bonds. The number of benzene rings is 2. The van der Waals surface area contributed by atoms with E-state index in [0.717, 1.165) is 41.7 Å². The van der Waals surface area contributed by atoms with Crippen LogP contribution < -0.4 is 4.74 Å². The van der Waals surface area contributed by atoms with Gasteiger partial charge in [-0.15, -0.1) is 0 Å². The van der Waals surface area contributed by atoms with Crippen molar-refractivity contribution in [2.24, 2.45) is 34.5 Å². The second-order valence-electron chi connectivity index (χ2n) is 15.8. The molecule has 4 aliphatic carbocycles. The van der Waals surface area contributed by atoms with Gasteiger partial charge in [0.25, 0.3) is 0 Å². The number of aliphatic hydroxyl groups is 3. The lowest BCUT2D eigenvalue weighted by molar-refractivity contribution is -0.178. The van der Waals surface area contributed by atoms with Crippen molar-refractivity contribution in [3.05, 3.63) is 63.9 Å². The Bertz CT molecular complexity index is 1790. The number of aliphatic hydroxyl groups excluding tert-OH is 2. The summed E-state index contributed by atoms with van der Waals surface area (Å²) in [7, 11) is 1.67. The van der Waals surface area contributed by atoms with E-state index in [1.165, 1.54) is 31.7 Å². The first-order valence-corrected chi connectivity index (χ1v) is 17.2. The minimum absolute atomic E-state index is 0.0496. The number of carbonyl (C=O) groups excluding carboxylic acids is 3. The van der Waals surface area contributed by atoms with E-state index in [1.807, 2.05) is 25.1 Å². The van der Waals surface area contributed by atoms with Crippen LogP contribution in [-0.4, -0.2) is 50.5 Å². The average molecular weight is 657 g/mol. The normalized spacial score (nSPS) is 31.8. The number of ether oxygens (including phenoxy) is 1. The molecule has 0 aliphatic heterocycles. The largest absolute Gasteiger partial charge is 0.508 e. The van der Waals surface area contributed by atoms with E-state index in [2.05, 4.69) is 13.0 Å². The molecule has 0 saturated heterocycles. The molecule has 8 heteroatoms. The summed E-state index contributed by atoms with van der Waals surface area (Å²) in [6, 6.07) is 9.35. The third-order valence-corrected chi connectivity index (χ3v) is 12.1. The first kappa shape index (κ1) is 34.0. The number of ketones is 3. The van der Waals surface area contributed by atoms with Gasteiger partial charge in [-0.25, -0.2) is 0 Å². The van der Waals surface area contributed by atoms with Gasteiger partial charge in [-0.05, 0) is 97.2 Å². The SMILES string of the molecule is COc1ccc(-c2ccc(O)c3c2C[C@]2(C)C[C@]4(C)C(C(C)C)C(=O)C(C(C)=O)=C(O)[C@]4(O)C(=O)C2=C3O)cc1CC1CCC(C)CC1. The fraction of sp³-hybridized carbons (Fsp3) is 0.525. The second-order valence-corrected chi connectivity index (χ2v) is 15.8. The first-order valence-electron chi connectivity index (χ1n) is 17.2. The van der Waals surface area contributed by atoms with Crippen LogP contribution in [0.5, 0.6) is 11.5 Å². The number of hydrogen-bond donors (Lipinski definition) is 4. The average Bonchev–Trinajstić information content (AvgIpc) is 3.00. The van der Waals surface area contributed by atoms with Gasteiger partial charge in [0.2, 0.25) is 5.78 Å². The fourth-order valence-corrected chi connectivity index (χ4v) is 9.94. The number of methoxy groups -OCH3 is 1. The Morgan fingerprint density at radius 3 is 2.29 bits per heavy atom. The van der Waals surface area contributed by atoms with Crippen molar-refractivity contribution in [3.63, 3.8) is 0 Å². The Morgan fingerprint density at radius 1 is 1.02 bits per heavy atom. The third-order valence-electron chi connectivity index (χ3n) is 12.1.